The second-order valence-corrected chi connectivity index (χ2v) is 7.65. The van der Waals surface area contributed by atoms with Gasteiger partial charge in [0.1, 0.15) is 0 Å². The van der Waals surface area contributed by atoms with Gasteiger partial charge in [-0.1, -0.05) is 11.6 Å². The molecule has 0 heterocycles. The quantitative estimate of drug-likeness (QED) is 0.651. The summed E-state index contributed by atoms with van der Waals surface area (Å²) in [6, 6.07) is 11.9. The lowest BCUT2D eigenvalue weighted by molar-refractivity contribution is -0.116. The summed E-state index contributed by atoms with van der Waals surface area (Å²) < 4.78 is 31.5. The van der Waals surface area contributed by atoms with Crippen molar-refractivity contribution in [2.45, 2.75) is 18.2 Å². The van der Waals surface area contributed by atoms with Gasteiger partial charge in [0, 0.05) is 23.7 Å². The number of carbonyl (C=O) groups is 2. The van der Waals surface area contributed by atoms with Crippen LogP contribution in [0.3, 0.4) is 0 Å². The Labute approximate surface area is 162 Å². The number of carbonyl (C=O) groups excluding carboxylic acids is 2. The molecule has 0 spiro atoms. The van der Waals surface area contributed by atoms with Crippen LogP contribution >= 0.6 is 11.6 Å². The third-order valence-electron chi connectivity index (χ3n) is 3.45. The summed E-state index contributed by atoms with van der Waals surface area (Å²) in [5.74, 6) is -0.801. The normalized spacial score (nSPS) is 11.0. The zero-order valence-electron chi connectivity index (χ0n) is 14.6. The summed E-state index contributed by atoms with van der Waals surface area (Å²) in [5.41, 5.74) is 0.874. The molecule has 0 atom stereocenters. The summed E-state index contributed by atoms with van der Waals surface area (Å²) >= 11 is 5.73. The number of esters is 1. The van der Waals surface area contributed by atoms with Crippen LogP contribution < -0.4 is 10.0 Å². The highest BCUT2D eigenvalue weighted by molar-refractivity contribution is 7.89. The summed E-state index contributed by atoms with van der Waals surface area (Å²) in [6.07, 6.45) is -0.0492. The molecule has 2 N–H and O–H groups in total. The second kappa shape index (κ2) is 9.50. The lowest BCUT2D eigenvalue weighted by atomic mass is 10.2. The molecule has 1 amide bonds. The maximum absolute atomic E-state index is 12.1. The van der Waals surface area contributed by atoms with Crippen LogP contribution in [0.25, 0.3) is 0 Å². The van der Waals surface area contributed by atoms with Gasteiger partial charge in [0.15, 0.2) is 0 Å². The maximum atomic E-state index is 12.1. The Hall–Kier alpha value is -2.42. The van der Waals surface area contributed by atoms with Crippen molar-refractivity contribution in [3.8, 4) is 0 Å². The highest BCUT2D eigenvalue weighted by atomic mass is 35.5. The van der Waals surface area contributed by atoms with E-state index in [1.54, 1.807) is 19.1 Å². The Bertz CT molecular complexity index is 896. The molecular weight excluding hydrogens is 392 g/mol. The molecule has 27 heavy (non-hydrogen) atoms. The van der Waals surface area contributed by atoms with Gasteiger partial charge in [-0.3, -0.25) is 4.79 Å². The average Bonchev–Trinajstić information content (AvgIpc) is 2.62. The van der Waals surface area contributed by atoms with Crippen LogP contribution in [-0.4, -0.2) is 33.4 Å². The number of anilines is 1. The molecule has 9 heteroatoms. The van der Waals surface area contributed by atoms with Gasteiger partial charge in [-0.2, -0.15) is 0 Å². The lowest BCUT2D eigenvalue weighted by Gasteiger charge is -2.08. The van der Waals surface area contributed by atoms with E-state index in [1.807, 2.05) is 0 Å². The molecule has 0 bridgehead atoms. The zero-order valence-corrected chi connectivity index (χ0v) is 16.1. The molecule has 2 aromatic carbocycles. The number of benzene rings is 2. The van der Waals surface area contributed by atoms with Crippen molar-refractivity contribution in [1.82, 2.24) is 4.72 Å². The van der Waals surface area contributed by atoms with E-state index in [1.165, 1.54) is 36.4 Å². The number of sulfonamides is 1. The molecule has 144 valence electrons. The Morgan fingerprint density at radius 2 is 1.67 bits per heavy atom. The Morgan fingerprint density at radius 3 is 2.26 bits per heavy atom. The predicted octanol–water partition coefficient (Wildman–Crippen LogP) is 2.82. The minimum Gasteiger partial charge on any atom is -0.462 e. The minimum absolute atomic E-state index is 0.0492. The third-order valence-corrected chi connectivity index (χ3v) is 5.18. The molecule has 0 saturated carbocycles. The number of ether oxygens (including phenoxy) is 1. The first-order valence-corrected chi connectivity index (χ1v) is 10.00. The third kappa shape index (κ3) is 6.35. The first kappa shape index (κ1) is 20.9. The molecule has 2 rings (SSSR count). The van der Waals surface area contributed by atoms with Crippen molar-refractivity contribution in [2.24, 2.45) is 0 Å². The van der Waals surface area contributed by atoms with E-state index in [0.717, 1.165) is 0 Å². The standard InChI is InChI=1S/C18H19ClN2O5S/c1-2-26-18(23)13-3-7-15(8-4-13)21-17(22)11-12-20-27(24,25)16-9-5-14(19)6-10-16/h3-10,20H,2,11-12H2,1H3,(H,21,22). The van der Waals surface area contributed by atoms with Crippen molar-refractivity contribution in [3.63, 3.8) is 0 Å². The molecule has 0 aliphatic rings. The number of halogens is 1. The summed E-state index contributed by atoms with van der Waals surface area (Å²) in [4.78, 5) is 23.6. The smallest absolute Gasteiger partial charge is 0.338 e. The Kier molecular flexibility index (Phi) is 7.35. The largest absolute Gasteiger partial charge is 0.462 e. The molecule has 0 radical (unpaired) electrons. The number of hydrogen-bond donors (Lipinski definition) is 2. The zero-order chi connectivity index (χ0) is 19.9. The van der Waals surface area contributed by atoms with Crippen LogP contribution in [0, 0.1) is 0 Å². The molecule has 0 unspecified atom stereocenters. The van der Waals surface area contributed by atoms with Crippen molar-refractivity contribution in [3.05, 3.63) is 59.1 Å². The van der Waals surface area contributed by atoms with E-state index >= 15 is 0 Å². The predicted molar refractivity (Wildman–Crippen MR) is 102 cm³/mol. The minimum atomic E-state index is -3.71. The maximum Gasteiger partial charge on any atom is 0.338 e. The van der Waals surface area contributed by atoms with Gasteiger partial charge in [0.25, 0.3) is 0 Å². The van der Waals surface area contributed by atoms with Crippen molar-refractivity contribution in [1.29, 1.82) is 0 Å². The topological polar surface area (TPSA) is 102 Å². The Balaban J connectivity index is 1.84. The van der Waals surface area contributed by atoms with Gasteiger partial charge < -0.3 is 10.1 Å². The molecule has 7 nitrogen and oxygen atoms in total. The van der Waals surface area contributed by atoms with Gasteiger partial charge in [-0.25, -0.2) is 17.9 Å². The fourth-order valence-corrected chi connectivity index (χ4v) is 3.28. The van der Waals surface area contributed by atoms with E-state index in [9.17, 15) is 18.0 Å². The monoisotopic (exact) mass is 410 g/mol. The van der Waals surface area contributed by atoms with E-state index in [4.69, 9.17) is 16.3 Å². The molecule has 0 aliphatic carbocycles. The van der Waals surface area contributed by atoms with Crippen LogP contribution in [0.2, 0.25) is 5.02 Å². The highest BCUT2D eigenvalue weighted by Gasteiger charge is 2.14. The number of hydrogen-bond acceptors (Lipinski definition) is 5. The highest BCUT2D eigenvalue weighted by Crippen LogP contribution is 2.14. The van der Waals surface area contributed by atoms with Gasteiger partial charge in [-0.15, -0.1) is 0 Å². The molecular formula is C18H19ClN2O5S. The van der Waals surface area contributed by atoms with E-state index in [0.29, 0.717) is 16.3 Å². The summed E-state index contributed by atoms with van der Waals surface area (Å²) in [5, 5.41) is 3.06. The summed E-state index contributed by atoms with van der Waals surface area (Å²) in [6.45, 7) is 1.94. The van der Waals surface area contributed by atoms with Crippen LogP contribution in [0.4, 0.5) is 5.69 Å². The summed E-state index contributed by atoms with van der Waals surface area (Å²) in [7, 11) is -3.71. The van der Waals surface area contributed by atoms with E-state index < -0.39 is 16.0 Å². The van der Waals surface area contributed by atoms with E-state index in [-0.39, 0.29) is 30.4 Å². The molecule has 2 aromatic rings. The van der Waals surface area contributed by atoms with Gasteiger partial charge >= 0.3 is 5.97 Å². The molecule has 0 fully saturated rings. The van der Waals surface area contributed by atoms with E-state index in [2.05, 4.69) is 10.0 Å². The SMILES string of the molecule is CCOC(=O)c1ccc(NC(=O)CCNS(=O)(=O)c2ccc(Cl)cc2)cc1. The van der Waals surface area contributed by atoms with Gasteiger partial charge in [-0.05, 0) is 55.5 Å². The number of amides is 1. The first-order chi connectivity index (χ1) is 12.8. The van der Waals surface area contributed by atoms with Crippen LogP contribution in [0.1, 0.15) is 23.7 Å². The van der Waals surface area contributed by atoms with Gasteiger partial charge in [0.05, 0.1) is 17.1 Å². The van der Waals surface area contributed by atoms with Crippen molar-refractivity contribution in [2.75, 3.05) is 18.5 Å². The molecule has 0 aliphatic heterocycles. The lowest BCUT2D eigenvalue weighted by Crippen LogP contribution is -2.27. The molecule has 0 aromatic heterocycles. The van der Waals surface area contributed by atoms with Crippen LogP contribution in [-0.2, 0) is 19.6 Å². The fourth-order valence-electron chi connectivity index (χ4n) is 2.12. The average molecular weight is 411 g/mol. The van der Waals surface area contributed by atoms with Crippen LogP contribution in [0.5, 0.6) is 0 Å². The Morgan fingerprint density at radius 1 is 1.04 bits per heavy atom. The van der Waals surface area contributed by atoms with Crippen LogP contribution in [0.15, 0.2) is 53.4 Å². The van der Waals surface area contributed by atoms with Crippen molar-refractivity contribution < 1.29 is 22.7 Å². The number of nitrogens with one attached hydrogen (secondary N) is 2. The first-order valence-electron chi connectivity index (χ1n) is 8.14. The van der Waals surface area contributed by atoms with Crippen molar-refractivity contribution >= 4 is 39.2 Å². The molecule has 0 saturated heterocycles. The van der Waals surface area contributed by atoms with Gasteiger partial charge in [0.2, 0.25) is 15.9 Å². The number of rotatable bonds is 8. The second-order valence-electron chi connectivity index (χ2n) is 5.45. The fraction of sp³-hybridized carbons (Fsp3) is 0.222.